The van der Waals surface area contributed by atoms with Crippen LogP contribution in [0.3, 0.4) is 0 Å². The summed E-state index contributed by atoms with van der Waals surface area (Å²) < 4.78 is 26.8. The second-order valence-electron chi connectivity index (χ2n) is 6.13. The number of fused-ring (bicyclic) bond motifs is 2. The Labute approximate surface area is 140 Å². The number of sulfonamides is 1. The average Bonchev–Trinajstić information content (AvgIpc) is 3.07. The lowest BCUT2D eigenvalue weighted by Gasteiger charge is -2.37. The first-order valence-electron chi connectivity index (χ1n) is 7.80. The Morgan fingerprint density at radius 2 is 1.92 bits per heavy atom. The van der Waals surface area contributed by atoms with Crippen molar-refractivity contribution < 1.29 is 13.5 Å². The minimum atomic E-state index is -3.60. The Hall–Kier alpha value is -2.15. The van der Waals surface area contributed by atoms with Gasteiger partial charge in [0.15, 0.2) is 0 Å². The second-order valence-corrected chi connectivity index (χ2v) is 8.10. The van der Waals surface area contributed by atoms with Crippen molar-refractivity contribution in [3.05, 3.63) is 65.9 Å². The van der Waals surface area contributed by atoms with Gasteiger partial charge in [-0.15, -0.1) is 0 Å². The molecule has 2 heterocycles. The highest BCUT2D eigenvalue weighted by atomic mass is 32.2. The van der Waals surface area contributed by atoms with E-state index < -0.39 is 22.2 Å². The van der Waals surface area contributed by atoms with E-state index in [1.165, 1.54) is 11.4 Å². The Morgan fingerprint density at radius 1 is 1.12 bits per heavy atom. The summed E-state index contributed by atoms with van der Waals surface area (Å²) in [7, 11) is -2.06. The number of hydrogen-bond acceptors (Lipinski definition) is 3. The van der Waals surface area contributed by atoms with Crippen LogP contribution >= 0.6 is 0 Å². The number of rotatable bonds is 2. The number of H-pyrrole nitrogens is 1. The molecule has 0 unspecified atom stereocenters. The fourth-order valence-electron chi connectivity index (χ4n) is 3.49. The topological polar surface area (TPSA) is 73.4 Å². The Kier molecular flexibility index (Phi) is 3.49. The summed E-state index contributed by atoms with van der Waals surface area (Å²) in [5, 5.41) is 11.8. The van der Waals surface area contributed by atoms with Gasteiger partial charge in [-0.25, -0.2) is 8.42 Å². The second kappa shape index (κ2) is 5.44. The van der Waals surface area contributed by atoms with E-state index in [2.05, 4.69) is 4.98 Å². The Balaban J connectivity index is 1.80. The summed E-state index contributed by atoms with van der Waals surface area (Å²) in [6.45, 7) is 0. The highest BCUT2D eigenvalue weighted by Gasteiger charge is 2.41. The lowest BCUT2D eigenvalue weighted by atomic mass is 9.94. The normalized spacial score (nSPS) is 23.2. The zero-order valence-electron chi connectivity index (χ0n) is 13.2. The molecule has 24 heavy (non-hydrogen) atoms. The standard InChI is InChI=1S/C18H18N2O3S/c1-20-16(11-12-5-4-7-15-13(12)9-10-19-15)18(21)14-6-2-3-8-17(14)24(20,22)23/h2-10,16,18-19,21H,11H2,1H3/t16-,18+/m0/s1. The molecule has 1 aliphatic rings. The van der Waals surface area contributed by atoms with Crippen LogP contribution in [0.15, 0.2) is 59.6 Å². The van der Waals surface area contributed by atoms with Crippen LogP contribution in [0.4, 0.5) is 0 Å². The molecule has 3 aromatic rings. The van der Waals surface area contributed by atoms with E-state index in [0.717, 1.165) is 16.5 Å². The Bertz CT molecular complexity index is 1010. The van der Waals surface area contributed by atoms with E-state index in [1.807, 2.05) is 30.5 Å². The van der Waals surface area contributed by atoms with E-state index in [0.29, 0.717) is 12.0 Å². The third kappa shape index (κ3) is 2.18. The van der Waals surface area contributed by atoms with Crippen molar-refractivity contribution in [1.82, 2.24) is 9.29 Å². The van der Waals surface area contributed by atoms with E-state index in [1.54, 1.807) is 24.3 Å². The zero-order valence-corrected chi connectivity index (χ0v) is 14.0. The predicted molar refractivity (Wildman–Crippen MR) is 92.1 cm³/mol. The molecule has 2 N–H and O–H groups in total. The van der Waals surface area contributed by atoms with Gasteiger partial charge in [-0.1, -0.05) is 30.3 Å². The van der Waals surface area contributed by atoms with Crippen LogP contribution in [0.5, 0.6) is 0 Å². The molecular formula is C18H18N2O3S. The van der Waals surface area contributed by atoms with Gasteiger partial charge in [-0.05, 0) is 30.2 Å². The fraction of sp³-hybridized carbons (Fsp3) is 0.222. The molecule has 2 atom stereocenters. The summed E-state index contributed by atoms with van der Waals surface area (Å²) in [5.74, 6) is 0. The van der Waals surface area contributed by atoms with Crippen molar-refractivity contribution >= 4 is 20.9 Å². The average molecular weight is 342 g/mol. The van der Waals surface area contributed by atoms with Crippen LogP contribution in [0.1, 0.15) is 17.2 Å². The van der Waals surface area contributed by atoms with Gasteiger partial charge in [-0.2, -0.15) is 4.31 Å². The molecule has 0 amide bonds. The van der Waals surface area contributed by atoms with Crippen LogP contribution in [0.2, 0.25) is 0 Å². The van der Waals surface area contributed by atoms with Gasteiger partial charge in [0.25, 0.3) is 0 Å². The maximum atomic E-state index is 12.8. The molecule has 0 saturated carbocycles. The molecule has 0 radical (unpaired) electrons. The summed E-state index contributed by atoms with van der Waals surface area (Å²) in [5.41, 5.74) is 2.49. The largest absolute Gasteiger partial charge is 0.387 e. The first kappa shape index (κ1) is 15.4. The van der Waals surface area contributed by atoms with Crippen molar-refractivity contribution in [2.45, 2.75) is 23.5 Å². The van der Waals surface area contributed by atoms with Gasteiger partial charge in [-0.3, -0.25) is 0 Å². The molecule has 0 spiro atoms. The van der Waals surface area contributed by atoms with E-state index in [9.17, 15) is 13.5 Å². The number of aromatic nitrogens is 1. The highest BCUT2D eigenvalue weighted by Crippen LogP contribution is 2.37. The molecule has 124 valence electrons. The van der Waals surface area contributed by atoms with Crippen LogP contribution in [0, 0.1) is 0 Å². The quantitative estimate of drug-likeness (QED) is 0.751. The number of benzene rings is 2. The molecule has 4 rings (SSSR count). The molecule has 0 saturated heterocycles. The van der Waals surface area contributed by atoms with Crippen molar-refractivity contribution in [3.63, 3.8) is 0 Å². The predicted octanol–water partition coefficient (Wildman–Crippen LogP) is 2.45. The van der Waals surface area contributed by atoms with Crippen LogP contribution in [0.25, 0.3) is 10.9 Å². The van der Waals surface area contributed by atoms with Crippen molar-refractivity contribution in [3.8, 4) is 0 Å². The van der Waals surface area contributed by atoms with Crippen LogP contribution < -0.4 is 0 Å². The monoisotopic (exact) mass is 342 g/mol. The van der Waals surface area contributed by atoms with E-state index in [-0.39, 0.29) is 4.90 Å². The lowest BCUT2D eigenvalue weighted by Crippen LogP contribution is -2.46. The maximum Gasteiger partial charge on any atom is 0.243 e. The van der Waals surface area contributed by atoms with Gasteiger partial charge >= 0.3 is 0 Å². The van der Waals surface area contributed by atoms with E-state index >= 15 is 0 Å². The molecule has 5 nitrogen and oxygen atoms in total. The lowest BCUT2D eigenvalue weighted by molar-refractivity contribution is 0.0893. The van der Waals surface area contributed by atoms with Crippen molar-refractivity contribution in [2.24, 2.45) is 0 Å². The number of aliphatic hydroxyl groups excluding tert-OH is 1. The van der Waals surface area contributed by atoms with Gasteiger partial charge in [0, 0.05) is 29.7 Å². The fourth-order valence-corrected chi connectivity index (χ4v) is 5.09. The smallest absolute Gasteiger partial charge is 0.243 e. The molecule has 0 fully saturated rings. The van der Waals surface area contributed by atoms with Gasteiger partial charge in [0.05, 0.1) is 17.0 Å². The first-order valence-corrected chi connectivity index (χ1v) is 9.24. The van der Waals surface area contributed by atoms with Crippen molar-refractivity contribution in [2.75, 3.05) is 7.05 Å². The highest BCUT2D eigenvalue weighted by molar-refractivity contribution is 7.89. The van der Waals surface area contributed by atoms with Gasteiger partial charge in [0.2, 0.25) is 10.0 Å². The summed E-state index contributed by atoms with van der Waals surface area (Å²) in [4.78, 5) is 3.35. The minimum absolute atomic E-state index is 0.191. The SMILES string of the molecule is CN1[C@@H](Cc2cccc3[nH]ccc23)[C@H](O)c2ccccc2S1(=O)=O. The zero-order chi connectivity index (χ0) is 16.9. The molecule has 0 bridgehead atoms. The number of aliphatic hydroxyl groups is 1. The number of nitrogens with zero attached hydrogens (tertiary/aromatic N) is 1. The van der Waals surface area contributed by atoms with Crippen molar-refractivity contribution in [1.29, 1.82) is 0 Å². The summed E-state index contributed by atoms with van der Waals surface area (Å²) in [6, 6.07) is 14.0. The molecular weight excluding hydrogens is 324 g/mol. The number of aromatic amines is 1. The van der Waals surface area contributed by atoms with Gasteiger partial charge in [0.1, 0.15) is 0 Å². The first-order chi connectivity index (χ1) is 11.5. The third-order valence-electron chi connectivity index (χ3n) is 4.84. The summed E-state index contributed by atoms with van der Waals surface area (Å²) in [6.07, 6.45) is 1.45. The molecule has 1 aliphatic heterocycles. The number of nitrogens with one attached hydrogen (secondary N) is 1. The number of likely N-dealkylation sites (N-methyl/N-ethyl adjacent to an activating group) is 1. The van der Waals surface area contributed by atoms with Crippen LogP contribution in [-0.4, -0.2) is 35.9 Å². The number of hydrogen-bond donors (Lipinski definition) is 2. The molecule has 6 heteroatoms. The van der Waals surface area contributed by atoms with Crippen LogP contribution in [-0.2, 0) is 16.4 Å². The van der Waals surface area contributed by atoms with Gasteiger partial charge < -0.3 is 10.1 Å². The molecule has 0 aliphatic carbocycles. The molecule has 1 aromatic heterocycles. The maximum absolute atomic E-state index is 12.8. The van der Waals surface area contributed by atoms with E-state index in [4.69, 9.17) is 0 Å². The summed E-state index contributed by atoms with van der Waals surface area (Å²) >= 11 is 0. The third-order valence-corrected chi connectivity index (χ3v) is 6.80. The Morgan fingerprint density at radius 3 is 2.75 bits per heavy atom. The minimum Gasteiger partial charge on any atom is -0.387 e. The molecule has 2 aromatic carbocycles.